The van der Waals surface area contributed by atoms with Gasteiger partial charge >= 0.3 is 0 Å². The number of hydrogen-bond acceptors (Lipinski definition) is 5. The van der Waals surface area contributed by atoms with Crippen LogP contribution in [0.2, 0.25) is 0 Å². The number of hydrogen-bond donors (Lipinski definition) is 0. The number of nitrogens with zero attached hydrogens (tertiary/aromatic N) is 1. The predicted octanol–water partition coefficient (Wildman–Crippen LogP) is 4.41. The lowest BCUT2D eigenvalue weighted by Crippen LogP contribution is -2.25. The second-order valence-corrected chi connectivity index (χ2v) is 7.00. The van der Waals surface area contributed by atoms with E-state index in [0.717, 1.165) is 37.5 Å². The lowest BCUT2D eigenvalue weighted by Gasteiger charge is -2.32. The van der Waals surface area contributed by atoms with E-state index in [1.807, 2.05) is 12.1 Å². The van der Waals surface area contributed by atoms with E-state index in [9.17, 15) is 9.18 Å². The third-order valence-corrected chi connectivity index (χ3v) is 5.20. The Kier molecular flexibility index (Phi) is 7.37. The van der Waals surface area contributed by atoms with Gasteiger partial charge in [-0.25, -0.2) is 9.37 Å². The number of aldehydes is 1. The molecule has 1 heterocycles. The average molecular weight is 387 g/mol. The standard InChI is InChI=1S/C22H26FNO4/c1-26-10-11-27-22-12-17(14-25)21(13-24-22)28-15-16-6-2-3-7-18(16)19-8-4-5-9-20(19)23/h4-5,8-9,12-14,16,18H,2-3,6-7,10-11,15H2,1H3. The van der Waals surface area contributed by atoms with Crippen LogP contribution in [0.4, 0.5) is 4.39 Å². The Morgan fingerprint density at radius 3 is 2.79 bits per heavy atom. The lowest BCUT2D eigenvalue weighted by atomic mass is 9.75. The molecule has 3 rings (SSSR count). The van der Waals surface area contributed by atoms with Crippen LogP contribution in [0.5, 0.6) is 11.6 Å². The third kappa shape index (κ3) is 5.07. The fraction of sp³-hybridized carbons (Fsp3) is 0.455. The SMILES string of the molecule is COCCOc1cc(C=O)c(OCC2CCCCC2c2ccccc2F)cn1. The first-order chi connectivity index (χ1) is 13.7. The van der Waals surface area contributed by atoms with Gasteiger partial charge < -0.3 is 14.2 Å². The van der Waals surface area contributed by atoms with Gasteiger partial charge in [0.1, 0.15) is 18.2 Å². The highest BCUT2D eigenvalue weighted by Crippen LogP contribution is 2.39. The van der Waals surface area contributed by atoms with Crippen LogP contribution in [0.3, 0.4) is 0 Å². The summed E-state index contributed by atoms with van der Waals surface area (Å²) in [7, 11) is 1.59. The van der Waals surface area contributed by atoms with Gasteiger partial charge in [-0.15, -0.1) is 0 Å². The van der Waals surface area contributed by atoms with Gasteiger partial charge in [-0.2, -0.15) is 0 Å². The topological polar surface area (TPSA) is 57.7 Å². The average Bonchev–Trinajstić information content (AvgIpc) is 2.73. The van der Waals surface area contributed by atoms with E-state index < -0.39 is 0 Å². The molecule has 0 radical (unpaired) electrons. The molecule has 2 unspecified atom stereocenters. The second kappa shape index (κ2) is 10.2. The van der Waals surface area contributed by atoms with E-state index in [0.29, 0.717) is 37.0 Å². The van der Waals surface area contributed by atoms with Gasteiger partial charge in [-0.05, 0) is 36.3 Å². The molecule has 6 heteroatoms. The van der Waals surface area contributed by atoms with Crippen molar-refractivity contribution in [2.75, 3.05) is 26.9 Å². The van der Waals surface area contributed by atoms with E-state index in [1.54, 1.807) is 19.2 Å². The number of methoxy groups -OCH3 is 1. The number of rotatable bonds is 9. The highest BCUT2D eigenvalue weighted by Gasteiger charge is 2.29. The van der Waals surface area contributed by atoms with Crippen molar-refractivity contribution < 1.29 is 23.4 Å². The van der Waals surface area contributed by atoms with Crippen LogP contribution in [0.25, 0.3) is 0 Å². The summed E-state index contributed by atoms with van der Waals surface area (Å²) in [5.41, 5.74) is 1.15. The molecule has 1 saturated carbocycles. The van der Waals surface area contributed by atoms with Crippen LogP contribution >= 0.6 is 0 Å². The molecular weight excluding hydrogens is 361 g/mol. The largest absolute Gasteiger partial charge is 0.491 e. The Balaban J connectivity index is 1.68. The number of pyridine rings is 1. The number of carbonyl (C=O) groups excluding carboxylic acids is 1. The molecule has 0 spiro atoms. The first-order valence-corrected chi connectivity index (χ1v) is 9.67. The van der Waals surface area contributed by atoms with Crippen molar-refractivity contribution in [2.45, 2.75) is 31.6 Å². The van der Waals surface area contributed by atoms with E-state index in [4.69, 9.17) is 14.2 Å². The van der Waals surface area contributed by atoms with Crippen LogP contribution in [-0.2, 0) is 4.74 Å². The van der Waals surface area contributed by atoms with Crippen molar-refractivity contribution >= 4 is 6.29 Å². The zero-order chi connectivity index (χ0) is 19.8. The molecule has 0 amide bonds. The molecule has 5 nitrogen and oxygen atoms in total. The summed E-state index contributed by atoms with van der Waals surface area (Å²) >= 11 is 0. The minimum Gasteiger partial charge on any atom is -0.491 e. The van der Waals surface area contributed by atoms with Gasteiger partial charge in [0.05, 0.1) is 25.0 Å². The van der Waals surface area contributed by atoms with Crippen LogP contribution in [-0.4, -0.2) is 38.2 Å². The van der Waals surface area contributed by atoms with Gasteiger partial charge in [0, 0.05) is 13.2 Å². The van der Waals surface area contributed by atoms with Gasteiger partial charge in [-0.1, -0.05) is 31.0 Å². The Labute approximate surface area is 164 Å². The number of benzene rings is 1. The molecule has 2 atom stereocenters. The van der Waals surface area contributed by atoms with Crippen LogP contribution in [0.15, 0.2) is 36.5 Å². The molecule has 2 aromatic rings. The van der Waals surface area contributed by atoms with Crippen molar-refractivity contribution in [1.82, 2.24) is 4.98 Å². The van der Waals surface area contributed by atoms with Crippen molar-refractivity contribution in [1.29, 1.82) is 0 Å². The minimum atomic E-state index is -0.160. The Bertz CT molecular complexity index is 783. The van der Waals surface area contributed by atoms with Gasteiger partial charge in [0.15, 0.2) is 6.29 Å². The molecule has 0 aliphatic heterocycles. The number of ether oxygens (including phenoxy) is 3. The maximum Gasteiger partial charge on any atom is 0.214 e. The Morgan fingerprint density at radius 1 is 1.18 bits per heavy atom. The molecule has 28 heavy (non-hydrogen) atoms. The molecule has 1 aliphatic rings. The fourth-order valence-electron chi connectivity index (χ4n) is 3.75. The molecule has 1 aromatic heterocycles. The molecular formula is C22H26FNO4. The summed E-state index contributed by atoms with van der Waals surface area (Å²) in [6.45, 7) is 1.22. The summed E-state index contributed by atoms with van der Waals surface area (Å²) in [5, 5.41) is 0. The molecule has 1 aromatic carbocycles. The summed E-state index contributed by atoms with van der Waals surface area (Å²) in [6, 6.07) is 8.53. The molecule has 0 bridgehead atoms. The first kappa shape index (κ1) is 20.3. The Morgan fingerprint density at radius 2 is 2.00 bits per heavy atom. The fourth-order valence-corrected chi connectivity index (χ4v) is 3.75. The molecule has 1 aliphatic carbocycles. The Hall–Kier alpha value is -2.47. The number of carbonyl (C=O) groups is 1. The predicted molar refractivity (Wildman–Crippen MR) is 104 cm³/mol. The molecule has 0 N–H and O–H groups in total. The first-order valence-electron chi connectivity index (χ1n) is 9.67. The van der Waals surface area contributed by atoms with Crippen LogP contribution in [0.1, 0.15) is 47.5 Å². The maximum atomic E-state index is 14.3. The second-order valence-electron chi connectivity index (χ2n) is 7.00. The summed E-state index contributed by atoms with van der Waals surface area (Å²) in [4.78, 5) is 15.6. The highest BCUT2D eigenvalue weighted by molar-refractivity contribution is 5.79. The van der Waals surface area contributed by atoms with Crippen LogP contribution in [0, 0.1) is 11.7 Å². The van der Waals surface area contributed by atoms with E-state index in [1.165, 1.54) is 12.3 Å². The minimum absolute atomic E-state index is 0.124. The van der Waals surface area contributed by atoms with Gasteiger partial charge in [-0.3, -0.25) is 4.79 Å². The monoisotopic (exact) mass is 387 g/mol. The van der Waals surface area contributed by atoms with Crippen LogP contribution < -0.4 is 9.47 Å². The lowest BCUT2D eigenvalue weighted by molar-refractivity contribution is 0.111. The molecule has 150 valence electrons. The molecule has 0 saturated heterocycles. The van der Waals surface area contributed by atoms with Crippen molar-refractivity contribution in [3.05, 3.63) is 53.5 Å². The highest BCUT2D eigenvalue weighted by atomic mass is 19.1. The van der Waals surface area contributed by atoms with Crippen molar-refractivity contribution in [3.8, 4) is 11.6 Å². The summed E-state index contributed by atoms with van der Waals surface area (Å²) in [5.74, 6) is 0.939. The number of halogens is 1. The van der Waals surface area contributed by atoms with E-state index >= 15 is 0 Å². The zero-order valence-electron chi connectivity index (χ0n) is 16.1. The maximum absolute atomic E-state index is 14.3. The summed E-state index contributed by atoms with van der Waals surface area (Å²) < 4.78 is 30.6. The summed E-state index contributed by atoms with van der Waals surface area (Å²) in [6.07, 6.45) is 6.34. The van der Waals surface area contributed by atoms with E-state index in [2.05, 4.69) is 4.98 Å². The van der Waals surface area contributed by atoms with Crippen molar-refractivity contribution in [2.24, 2.45) is 5.92 Å². The van der Waals surface area contributed by atoms with E-state index in [-0.39, 0.29) is 17.7 Å². The normalized spacial score (nSPS) is 19.2. The van der Waals surface area contributed by atoms with Gasteiger partial charge in [0.25, 0.3) is 0 Å². The number of aromatic nitrogens is 1. The van der Waals surface area contributed by atoms with Gasteiger partial charge in [0.2, 0.25) is 5.88 Å². The van der Waals surface area contributed by atoms with Crippen molar-refractivity contribution in [3.63, 3.8) is 0 Å². The zero-order valence-corrected chi connectivity index (χ0v) is 16.1. The quantitative estimate of drug-likeness (QED) is 0.471. The smallest absolute Gasteiger partial charge is 0.214 e. The third-order valence-electron chi connectivity index (χ3n) is 5.20. The molecule has 1 fully saturated rings.